The highest BCUT2D eigenvalue weighted by Crippen LogP contribution is 2.48. The molecule has 1 unspecified atom stereocenters. The highest BCUT2D eigenvalue weighted by molar-refractivity contribution is 5.91. The van der Waals surface area contributed by atoms with E-state index in [1.807, 2.05) is 51.1 Å². The van der Waals surface area contributed by atoms with Crippen LogP contribution < -0.4 is 5.32 Å². The van der Waals surface area contributed by atoms with Gasteiger partial charge in [0.05, 0.1) is 11.5 Å². The van der Waals surface area contributed by atoms with Crippen LogP contribution in [-0.2, 0) is 10.2 Å². The Morgan fingerprint density at radius 3 is 2.37 bits per heavy atom. The van der Waals surface area contributed by atoms with Crippen LogP contribution in [-0.4, -0.2) is 23.7 Å². The van der Waals surface area contributed by atoms with E-state index in [1.54, 1.807) is 0 Å². The van der Waals surface area contributed by atoms with Crippen LogP contribution in [0.4, 0.5) is 0 Å². The number of carbonyl (C=O) groups is 1. The minimum Gasteiger partial charge on any atom is -0.391 e. The Bertz CT molecular complexity index is 444. The average Bonchev–Trinajstić information content (AvgIpc) is 3.17. The van der Waals surface area contributed by atoms with Crippen LogP contribution >= 0.6 is 0 Å². The molecule has 0 spiro atoms. The molecule has 1 fully saturated rings. The second-order valence-electron chi connectivity index (χ2n) is 6.54. The molecule has 1 aliphatic rings. The Labute approximate surface area is 115 Å². The first kappa shape index (κ1) is 14.1. The summed E-state index contributed by atoms with van der Waals surface area (Å²) in [5.41, 5.74) is 0.521. The predicted octanol–water partition coefficient (Wildman–Crippen LogP) is 2.24. The fraction of sp³-hybridized carbons (Fsp3) is 0.562. The molecular formula is C16H23NO2. The third kappa shape index (κ3) is 2.98. The zero-order valence-corrected chi connectivity index (χ0v) is 11.9. The zero-order valence-electron chi connectivity index (χ0n) is 11.9. The van der Waals surface area contributed by atoms with Crippen molar-refractivity contribution >= 4 is 5.91 Å². The molecule has 0 bridgehead atoms. The Morgan fingerprint density at radius 1 is 1.32 bits per heavy atom. The summed E-state index contributed by atoms with van der Waals surface area (Å²) in [6, 6.07) is 9.90. The largest absolute Gasteiger partial charge is 0.391 e. The number of aliphatic hydroxyl groups is 1. The molecular weight excluding hydrogens is 238 g/mol. The van der Waals surface area contributed by atoms with Crippen molar-refractivity contribution in [1.82, 2.24) is 5.32 Å². The lowest BCUT2D eigenvalue weighted by atomic mass is 9.88. The minimum atomic E-state index is -0.525. The van der Waals surface area contributed by atoms with Crippen molar-refractivity contribution < 1.29 is 9.90 Å². The van der Waals surface area contributed by atoms with Crippen LogP contribution in [0.15, 0.2) is 30.3 Å². The van der Waals surface area contributed by atoms with Gasteiger partial charge in [-0.3, -0.25) is 4.79 Å². The van der Waals surface area contributed by atoms with Gasteiger partial charge in [-0.2, -0.15) is 0 Å². The second-order valence-corrected chi connectivity index (χ2v) is 6.54. The van der Waals surface area contributed by atoms with E-state index in [-0.39, 0.29) is 16.7 Å². The molecule has 1 aromatic rings. The molecule has 1 atom stereocenters. The molecule has 1 aliphatic carbocycles. The molecule has 3 nitrogen and oxygen atoms in total. The second kappa shape index (κ2) is 4.97. The van der Waals surface area contributed by atoms with E-state index in [4.69, 9.17) is 0 Å². The van der Waals surface area contributed by atoms with Gasteiger partial charge in [-0.15, -0.1) is 0 Å². The molecule has 3 heteroatoms. The highest BCUT2D eigenvalue weighted by Gasteiger charge is 2.51. The van der Waals surface area contributed by atoms with E-state index >= 15 is 0 Å². The monoisotopic (exact) mass is 261 g/mol. The third-order valence-corrected chi connectivity index (χ3v) is 3.97. The van der Waals surface area contributed by atoms with E-state index in [1.165, 1.54) is 0 Å². The SMILES string of the molecule is CC(C)(C)C(O)CNC(=O)C1(c2ccccc2)CC1. The molecule has 0 radical (unpaired) electrons. The molecule has 0 aromatic heterocycles. The topological polar surface area (TPSA) is 49.3 Å². The van der Waals surface area contributed by atoms with Crippen LogP contribution in [0.5, 0.6) is 0 Å². The summed E-state index contributed by atoms with van der Waals surface area (Å²) in [6.45, 7) is 6.21. The Morgan fingerprint density at radius 2 is 1.89 bits per heavy atom. The number of aliphatic hydroxyl groups excluding tert-OH is 1. The summed E-state index contributed by atoms with van der Waals surface area (Å²) in [7, 11) is 0. The summed E-state index contributed by atoms with van der Waals surface area (Å²) in [5, 5.41) is 12.9. The van der Waals surface area contributed by atoms with E-state index < -0.39 is 6.10 Å². The lowest BCUT2D eigenvalue weighted by Gasteiger charge is -2.27. The lowest BCUT2D eigenvalue weighted by Crippen LogP contribution is -2.43. The summed E-state index contributed by atoms with van der Waals surface area (Å²) in [6.07, 6.45) is 1.27. The smallest absolute Gasteiger partial charge is 0.230 e. The summed E-state index contributed by atoms with van der Waals surface area (Å²) < 4.78 is 0. The average molecular weight is 261 g/mol. The van der Waals surface area contributed by atoms with Gasteiger partial charge in [0.2, 0.25) is 5.91 Å². The highest BCUT2D eigenvalue weighted by atomic mass is 16.3. The van der Waals surface area contributed by atoms with Gasteiger partial charge >= 0.3 is 0 Å². The summed E-state index contributed by atoms with van der Waals surface area (Å²) >= 11 is 0. The third-order valence-electron chi connectivity index (χ3n) is 3.97. The van der Waals surface area contributed by atoms with Crippen molar-refractivity contribution in [3.8, 4) is 0 Å². The molecule has 0 heterocycles. The van der Waals surface area contributed by atoms with Gasteiger partial charge in [-0.1, -0.05) is 51.1 Å². The van der Waals surface area contributed by atoms with Crippen molar-refractivity contribution in [1.29, 1.82) is 0 Å². The van der Waals surface area contributed by atoms with Gasteiger partial charge in [0.1, 0.15) is 0 Å². The van der Waals surface area contributed by atoms with E-state index in [0.29, 0.717) is 6.54 Å². The molecule has 1 saturated carbocycles. The van der Waals surface area contributed by atoms with Gasteiger partial charge in [0.25, 0.3) is 0 Å². The van der Waals surface area contributed by atoms with E-state index in [0.717, 1.165) is 18.4 Å². The first-order chi connectivity index (χ1) is 8.86. The number of amides is 1. The summed E-state index contributed by atoms with van der Waals surface area (Å²) in [4.78, 5) is 12.3. The van der Waals surface area contributed by atoms with Crippen LogP contribution in [0.2, 0.25) is 0 Å². The number of hydrogen-bond acceptors (Lipinski definition) is 2. The Kier molecular flexibility index (Phi) is 3.68. The molecule has 104 valence electrons. The number of carbonyl (C=O) groups excluding carboxylic acids is 1. The molecule has 19 heavy (non-hydrogen) atoms. The maximum absolute atomic E-state index is 12.3. The first-order valence-corrected chi connectivity index (χ1v) is 6.88. The molecule has 2 N–H and O–H groups in total. The van der Waals surface area contributed by atoms with Gasteiger partial charge in [0.15, 0.2) is 0 Å². The molecule has 1 amide bonds. The molecule has 0 aliphatic heterocycles. The fourth-order valence-corrected chi connectivity index (χ4v) is 2.19. The van der Waals surface area contributed by atoms with Crippen molar-refractivity contribution in [2.24, 2.45) is 5.41 Å². The normalized spacial score (nSPS) is 18.7. The van der Waals surface area contributed by atoms with Crippen molar-refractivity contribution in [3.05, 3.63) is 35.9 Å². The molecule has 2 rings (SSSR count). The van der Waals surface area contributed by atoms with Gasteiger partial charge in [-0.05, 0) is 23.8 Å². The number of benzene rings is 1. The first-order valence-electron chi connectivity index (χ1n) is 6.88. The Balaban J connectivity index is 1.98. The summed E-state index contributed by atoms with van der Waals surface area (Å²) in [5.74, 6) is 0.0435. The number of rotatable bonds is 4. The predicted molar refractivity (Wildman–Crippen MR) is 75.8 cm³/mol. The van der Waals surface area contributed by atoms with Gasteiger partial charge in [0, 0.05) is 6.54 Å². The number of nitrogens with one attached hydrogen (secondary N) is 1. The van der Waals surface area contributed by atoms with Gasteiger partial charge in [-0.25, -0.2) is 0 Å². The fourth-order valence-electron chi connectivity index (χ4n) is 2.19. The van der Waals surface area contributed by atoms with Crippen LogP contribution in [0, 0.1) is 5.41 Å². The standard InChI is InChI=1S/C16H23NO2/c1-15(2,3)13(18)11-17-14(19)16(9-10-16)12-7-5-4-6-8-12/h4-8,13,18H,9-11H2,1-3H3,(H,17,19). The maximum atomic E-state index is 12.3. The Hall–Kier alpha value is -1.35. The van der Waals surface area contributed by atoms with Crippen molar-refractivity contribution in [3.63, 3.8) is 0 Å². The number of hydrogen-bond donors (Lipinski definition) is 2. The lowest BCUT2D eigenvalue weighted by molar-refractivity contribution is -0.124. The molecule has 1 aromatic carbocycles. The van der Waals surface area contributed by atoms with Crippen molar-refractivity contribution in [2.75, 3.05) is 6.54 Å². The quantitative estimate of drug-likeness (QED) is 0.873. The van der Waals surface area contributed by atoms with Crippen LogP contribution in [0.3, 0.4) is 0 Å². The van der Waals surface area contributed by atoms with E-state index in [2.05, 4.69) is 5.32 Å². The minimum absolute atomic E-state index is 0.0435. The molecule has 0 saturated heterocycles. The van der Waals surface area contributed by atoms with Crippen LogP contribution in [0.1, 0.15) is 39.2 Å². The van der Waals surface area contributed by atoms with Gasteiger partial charge < -0.3 is 10.4 Å². The maximum Gasteiger partial charge on any atom is 0.230 e. The van der Waals surface area contributed by atoms with Crippen molar-refractivity contribution in [2.45, 2.75) is 45.1 Å². The van der Waals surface area contributed by atoms with Crippen LogP contribution in [0.25, 0.3) is 0 Å². The zero-order chi connectivity index (χ0) is 14.1. The van der Waals surface area contributed by atoms with E-state index in [9.17, 15) is 9.90 Å².